The van der Waals surface area contributed by atoms with Gasteiger partial charge in [0.05, 0.1) is 12.3 Å². The van der Waals surface area contributed by atoms with E-state index in [4.69, 9.17) is 5.26 Å². The van der Waals surface area contributed by atoms with E-state index in [9.17, 15) is 0 Å². The molecule has 0 N–H and O–H groups in total. The summed E-state index contributed by atoms with van der Waals surface area (Å²) >= 11 is 0. The Bertz CT molecular complexity index is 270. The highest BCUT2D eigenvalue weighted by Crippen LogP contribution is 2.58. The summed E-state index contributed by atoms with van der Waals surface area (Å²) in [6.45, 7) is 0. The van der Waals surface area contributed by atoms with Gasteiger partial charge in [0.1, 0.15) is 11.5 Å². The van der Waals surface area contributed by atoms with Crippen LogP contribution in [-0.4, -0.2) is 17.8 Å². The Morgan fingerprint density at radius 3 is 2.69 bits per heavy atom. The summed E-state index contributed by atoms with van der Waals surface area (Å²) in [6.07, 6.45) is 5.05. The van der Waals surface area contributed by atoms with Crippen molar-refractivity contribution >= 4 is 10.9 Å². The zero-order chi connectivity index (χ0) is 9.00. The van der Waals surface area contributed by atoms with Crippen molar-refractivity contribution in [1.29, 1.82) is 5.26 Å². The summed E-state index contributed by atoms with van der Waals surface area (Å²) in [4.78, 5) is 0. The van der Waals surface area contributed by atoms with Crippen LogP contribution in [0.5, 0.6) is 0 Å². The Hall–Kier alpha value is -0.160. The van der Waals surface area contributed by atoms with Crippen LogP contribution < -0.4 is 0 Å². The molecule has 2 aliphatic carbocycles. The number of nitriles is 1. The summed E-state index contributed by atoms with van der Waals surface area (Å²) in [5, 5.41) is 9.03. The number of nitrogens with zero attached hydrogens (tertiary/aromatic N) is 1. The van der Waals surface area contributed by atoms with Crippen molar-refractivity contribution in [3.8, 4) is 6.07 Å². The molecule has 0 amide bonds. The molecule has 0 aromatic carbocycles. The van der Waals surface area contributed by atoms with E-state index in [1.165, 1.54) is 24.3 Å². The molecule has 0 spiro atoms. The van der Waals surface area contributed by atoms with E-state index in [0.29, 0.717) is 16.8 Å². The highest BCUT2D eigenvalue weighted by Gasteiger charge is 2.58. The fourth-order valence-corrected chi connectivity index (χ4v) is 6.45. The fraction of sp³-hybridized carbons (Fsp3) is 0.909. The zero-order valence-electron chi connectivity index (χ0n) is 8.07. The first kappa shape index (κ1) is 8.17. The summed E-state index contributed by atoms with van der Waals surface area (Å²) in [5.74, 6) is 7.10. The van der Waals surface area contributed by atoms with Gasteiger partial charge in [0.25, 0.3) is 0 Å². The van der Waals surface area contributed by atoms with Gasteiger partial charge in [-0.3, -0.25) is 0 Å². The first-order valence-electron chi connectivity index (χ1n) is 5.28. The van der Waals surface area contributed by atoms with Crippen molar-refractivity contribution < 1.29 is 0 Å². The number of fused-ring (bicyclic) bond motifs is 5. The van der Waals surface area contributed by atoms with Gasteiger partial charge < -0.3 is 0 Å². The van der Waals surface area contributed by atoms with Crippen LogP contribution in [0.25, 0.3) is 0 Å². The highest BCUT2D eigenvalue weighted by molar-refractivity contribution is 7.96. The van der Waals surface area contributed by atoms with Gasteiger partial charge in [-0.25, -0.2) is 0 Å². The molecule has 70 valence electrons. The Kier molecular flexibility index (Phi) is 1.68. The topological polar surface area (TPSA) is 23.8 Å². The van der Waals surface area contributed by atoms with Gasteiger partial charge in [-0.15, -0.1) is 0 Å². The molecule has 1 aliphatic heterocycles. The fourth-order valence-electron chi connectivity index (χ4n) is 3.98. The molecular formula is C11H16NS+. The molecule has 6 atom stereocenters. The van der Waals surface area contributed by atoms with Crippen molar-refractivity contribution in [3.63, 3.8) is 0 Å². The largest absolute Gasteiger partial charge is 0.198 e. The van der Waals surface area contributed by atoms with Crippen LogP contribution in [0, 0.1) is 40.9 Å². The van der Waals surface area contributed by atoms with Crippen LogP contribution in [0.3, 0.4) is 0 Å². The van der Waals surface area contributed by atoms with Crippen LogP contribution in [0.1, 0.15) is 12.8 Å². The molecule has 3 fully saturated rings. The molecule has 1 heterocycles. The van der Waals surface area contributed by atoms with E-state index in [2.05, 4.69) is 12.3 Å². The average Bonchev–Trinajstić information content (AvgIpc) is 2.71. The predicted molar refractivity (Wildman–Crippen MR) is 55.3 cm³/mol. The van der Waals surface area contributed by atoms with E-state index < -0.39 is 0 Å². The first-order chi connectivity index (χ1) is 6.29. The lowest BCUT2D eigenvalue weighted by atomic mass is 9.76. The SMILES string of the molecule is C[S+]1C[C@@H]2[C@H](C1)[C@H]1C[C@@H]2[C@@H](C#N)C1. The Morgan fingerprint density at radius 2 is 1.92 bits per heavy atom. The summed E-state index contributed by atoms with van der Waals surface area (Å²) in [6, 6.07) is 2.53. The van der Waals surface area contributed by atoms with E-state index >= 15 is 0 Å². The van der Waals surface area contributed by atoms with Gasteiger partial charge in [0, 0.05) is 17.8 Å². The number of rotatable bonds is 0. The Balaban J connectivity index is 1.86. The van der Waals surface area contributed by atoms with E-state index in [1.54, 1.807) is 0 Å². The van der Waals surface area contributed by atoms with Crippen LogP contribution in [0.2, 0.25) is 0 Å². The van der Waals surface area contributed by atoms with Crippen molar-refractivity contribution in [3.05, 3.63) is 0 Å². The van der Waals surface area contributed by atoms with E-state index in [1.807, 2.05) is 0 Å². The summed E-state index contributed by atoms with van der Waals surface area (Å²) < 4.78 is 0. The second-order valence-corrected chi connectivity index (χ2v) is 7.30. The second kappa shape index (κ2) is 2.67. The molecule has 0 aromatic heterocycles. The molecule has 1 nitrogen and oxygen atoms in total. The predicted octanol–water partition coefficient (Wildman–Crippen LogP) is 1.66. The Morgan fingerprint density at radius 1 is 1.15 bits per heavy atom. The third-order valence-electron chi connectivity index (χ3n) is 4.47. The molecule has 1 unspecified atom stereocenters. The third-order valence-corrected chi connectivity index (χ3v) is 6.38. The molecule has 2 heteroatoms. The molecule has 0 aromatic rings. The normalized spacial score (nSPS) is 57.8. The summed E-state index contributed by atoms with van der Waals surface area (Å²) in [5.41, 5.74) is 0. The molecule has 2 saturated carbocycles. The van der Waals surface area contributed by atoms with Crippen molar-refractivity contribution in [2.75, 3.05) is 17.8 Å². The van der Waals surface area contributed by atoms with Crippen molar-refractivity contribution in [1.82, 2.24) is 0 Å². The minimum atomic E-state index is 0.432. The third kappa shape index (κ3) is 1.00. The molecule has 3 rings (SSSR count). The Labute approximate surface area is 82.9 Å². The van der Waals surface area contributed by atoms with Crippen LogP contribution in [-0.2, 0) is 10.9 Å². The second-order valence-electron chi connectivity index (χ2n) is 5.07. The monoisotopic (exact) mass is 194 g/mol. The maximum Gasteiger partial charge on any atom is 0.111 e. The van der Waals surface area contributed by atoms with Crippen LogP contribution in [0.15, 0.2) is 0 Å². The smallest absolute Gasteiger partial charge is 0.111 e. The summed E-state index contributed by atoms with van der Waals surface area (Å²) in [7, 11) is 0.691. The van der Waals surface area contributed by atoms with Gasteiger partial charge >= 0.3 is 0 Å². The molecule has 2 bridgehead atoms. The number of hydrogen-bond donors (Lipinski definition) is 0. The number of hydrogen-bond acceptors (Lipinski definition) is 1. The van der Waals surface area contributed by atoms with Crippen molar-refractivity contribution in [2.24, 2.45) is 29.6 Å². The maximum absolute atomic E-state index is 9.03. The zero-order valence-corrected chi connectivity index (χ0v) is 8.89. The molecule has 0 radical (unpaired) electrons. The van der Waals surface area contributed by atoms with Gasteiger partial charge in [-0.1, -0.05) is 0 Å². The lowest BCUT2D eigenvalue weighted by molar-refractivity contribution is 0.240. The molecule has 13 heavy (non-hydrogen) atoms. The van der Waals surface area contributed by atoms with Crippen molar-refractivity contribution in [2.45, 2.75) is 12.8 Å². The van der Waals surface area contributed by atoms with E-state index in [0.717, 1.165) is 23.7 Å². The van der Waals surface area contributed by atoms with Gasteiger partial charge in [0.2, 0.25) is 0 Å². The quantitative estimate of drug-likeness (QED) is 0.538. The lowest BCUT2D eigenvalue weighted by Crippen LogP contribution is -2.26. The maximum atomic E-state index is 9.03. The molecule has 3 aliphatic rings. The minimum absolute atomic E-state index is 0.432. The highest BCUT2D eigenvalue weighted by atomic mass is 32.2. The standard InChI is InChI=1S/C11H16NS/c1-13-5-10-7-2-8(4-12)9(3-7)11(10)6-13/h7-11H,2-3,5-6H2,1H3/q+1/t7-,8-,9-,10-,11+,13?/m1/s1. The lowest BCUT2D eigenvalue weighted by Gasteiger charge is -2.24. The molecule has 1 saturated heterocycles. The first-order valence-corrected chi connectivity index (χ1v) is 7.25. The van der Waals surface area contributed by atoms with E-state index in [-0.39, 0.29) is 0 Å². The van der Waals surface area contributed by atoms with Gasteiger partial charge in [-0.05, 0) is 35.6 Å². The molecular weight excluding hydrogens is 178 g/mol. The van der Waals surface area contributed by atoms with Crippen LogP contribution >= 0.6 is 0 Å². The van der Waals surface area contributed by atoms with Gasteiger partial charge in [-0.2, -0.15) is 5.26 Å². The minimum Gasteiger partial charge on any atom is -0.198 e. The van der Waals surface area contributed by atoms with Crippen LogP contribution in [0.4, 0.5) is 0 Å². The van der Waals surface area contributed by atoms with Gasteiger partial charge in [0.15, 0.2) is 0 Å². The average molecular weight is 194 g/mol.